The summed E-state index contributed by atoms with van der Waals surface area (Å²) in [4.78, 5) is 0. The van der Waals surface area contributed by atoms with Crippen LogP contribution in [0.1, 0.15) is 5.56 Å². The first-order valence-electron chi connectivity index (χ1n) is 3.54. The van der Waals surface area contributed by atoms with Gasteiger partial charge in [0.25, 0.3) is 0 Å². The number of allylic oxidation sites excluding steroid dienone is 1. The highest BCUT2D eigenvalue weighted by Crippen LogP contribution is 2.23. The molecule has 1 aromatic rings. The fourth-order valence-electron chi connectivity index (χ4n) is 1.13. The van der Waals surface area contributed by atoms with Crippen molar-refractivity contribution < 1.29 is 4.74 Å². The Balaban J connectivity index is 2.42. The van der Waals surface area contributed by atoms with E-state index in [1.165, 1.54) is 0 Å². The summed E-state index contributed by atoms with van der Waals surface area (Å²) in [6.45, 7) is 0. The Morgan fingerprint density at radius 1 is 1.27 bits per heavy atom. The highest BCUT2D eigenvalue weighted by Gasteiger charge is 2.08. The lowest BCUT2D eigenvalue weighted by atomic mass is 10.1. The van der Waals surface area contributed by atoms with Gasteiger partial charge in [-0.15, -0.1) is 0 Å². The maximum absolute atomic E-state index is 7.24. The molecular weight excluding hydrogens is 138 g/mol. The molecule has 1 radical (unpaired) electrons. The van der Waals surface area contributed by atoms with Crippen LogP contribution in [0.25, 0.3) is 0 Å². The van der Waals surface area contributed by atoms with Gasteiger partial charge in [-0.2, -0.15) is 0 Å². The predicted molar refractivity (Wildman–Crippen MR) is 42.0 cm³/mol. The molecule has 1 N–H and O–H groups in total. The molecule has 1 aliphatic heterocycles. The summed E-state index contributed by atoms with van der Waals surface area (Å²) in [5.41, 5.74) is 8.40. The summed E-state index contributed by atoms with van der Waals surface area (Å²) in [5.74, 6) is 1.07. The van der Waals surface area contributed by atoms with Crippen molar-refractivity contribution in [2.24, 2.45) is 0 Å². The van der Waals surface area contributed by atoms with Crippen LogP contribution < -0.4 is 10.5 Å². The molecule has 0 saturated carbocycles. The Kier molecular flexibility index (Phi) is 1.32. The Hall–Kier alpha value is -1.44. The van der Waals surface area contributed by atoms with Crippen molar-refractivity contribution in [2.75, 3.05) is 0 Å². The molecule has 0 spiro atoms. The summed E-state index contributed by atoms with van der Waals surface area (Å²) in [7, 11) is 0. The zero-order chi connectivity index (χ0) is 7.68. The third kappa shape index (κ3) is 1.07. The average molecular weight is 146 g/mol. The van der Waals surface area contributed by atoms with E-state index in [0.717, 1.165) is 17.7 Å². The molecule has 0 unspecified atom stereocenters. The standard InChI is InChI=1S/C9H8NO/c10-9-6-5-7-3-1-2-4-8(7)11-9/h1-4,6,10H,5H2. The lowest BCUT2D eigenvalue weighted by molar-refractivity contribution is 0.399. The van der Waals surface area contributed by atoms with Crippen molar-refractivity contribution in [3.63, 3.8) is 0 Å². The van der Waals surface area contributed by atoms with Gasteiger partial charge in [0.05, 0.1) is 0 Å². The van der Waals surface area contributed by atoms with Crippen molar-refractivity contribution in [3.05, 3.63) is 41.8 Å². The maximum Gasteiger partial charge on any atom is 0.208 e. The Morgan fingerprint density at radius 3 is 3.00 bits per heavy atom. The van der Waals surface area contributed by atoms with E-state index in [0.29, 0.717) is 0 Å². The first-order valence-corrected chi connectivity index (χ1v) is 3.54. The van der Waals surface area contributed by atoms with E-state index < -0.39 is 0 Å². The fourth-order valence-corrected chi connectivity index (χ4v) is 1.13. The molecule has 1 heterocycles. The fraction of sp³-hybridized carbons (Fsp3) is 0.111. The quantitative estimate of drug-likeness (QED) is 0.548. The molecule has 2 heteroatoms. The number of para-hydroxylation sites is 1. The van der Waals surface area contributed by atoms with E-state index in [-0.39, 0.29) is 5.88 Å². The van der Waals surface area contributed by atoms with E-state index in [4.69, 9.17) is 10.5 Å². The number of benzene rings is 1. The third-order valence-corrected chi connectivity index (χ3v) is 1.70. The molecular formula is C9H8NO. The monoisotopic (exact) mass is 146 g/mol. The summed E-state index contributed by atoms with van der Waals surface area (Å²) in [5, 5.41) is 0. The Bertz CT molecular complexity index is 304. The third-order valence-electron chi connectivity index (χ3n) is 1.70. The van der Waals surface area contributed by atoms with E-state index in [2.05, 4.69) is 0 Å². The Labute approximate surface area is 65.3 Å². The minimum absolute atomic E-state index is 0.253. The maximum atomic E-state index is 7.24. The highest BCUT2D eigenvalue weighted by atomic mass is 16.5. The van der Waals surface area contributed by atoms with Crippen LogP contribution in [-0.4, -0.2) is 0 Å². The largest absolute Gasteiger partial charge is 0.440 e. The average Bonchev–Trinajstić information content (AvgIpc) is 2.04. The molecule has 0 aliphatic carbocycles. The Morgan fingerprint density at radius 2 is 2.09 bits per heavy atom. The molecule has 11 heavy (non-hydrogen) atoms. The van der Waals surface area contributed by atoms with Crippen LogP contribution >= 0.6 is 0 Å². The predicted octanol–water partition coefficient (Wildman–Crippen LogP) is 1.75. The number of hydrogen-bond acceptors (Lipinski definition) is 1. The number of nitrogens with one attached hydrogen (secondary N) is 1. The number of fused-ring (bicyclic) bond motifs is 1. The van der Waals surface area contributed by atoms with E-state index in [9.17, 15) is 0 Å². The van der Waals surface area contributed by atoms with Gasteiger partial charge in [-0.1, -0.05) is 18.2 Å². The van der Waals surface area contributed by atoms with Gasteiger partial charge in [0.2, 0.25) is 5.88 Å². The van der Waals surface area contributed by atoms with Crippen molar-refractivity contribution in [1.82, 2.24) is 5.73 Å². The van der Waals surface area contributed by atoms with E-state index >= 15 is 0 Å². The van der Waals surface area contributed by atoms with Crippen molar-refractivity contribution in [2.45, 2.75) is 6.42 Å². The van der Waals surface area contributed by atoms with Crippen molar-refractivity contribution in [3.8, 4) is 5.75 Å². The number of ether oxygens (including phenoxy) is 1. The molecule has 2 rings (SSSR count). The second-order valence-electron chi connectivity index (χ2n) is 2.48. The molecule has 0 fully saturated rings. The summed E-state index contributed by atoms with van der Waals surface area (Å²) in [6, 6.07) is 7.79. The highest BCUT2D eigenvalue weighted by molar-refractivity contribution is 5.38. The lowest BCUT2D eigenvalue weighted by Crippen LogP contribution is -2.04. The first-order chi connectivity index (χ1) is 5.36. The summed E-state index contributed by atoms with van der Waals surface area (Å²) >= 11 is 0. The van der Waals surface area contributed by atoms with Crippen molar-refractivity contribution >= 4 is 0 Å². The molecule has 1 aliphatic rings. The van der Waals surface area contributed by atoms with E-state index in [1.807, 2.05) is 24.3 Å². The zero-order valence-corrected chi connectivity index (χ0v) is 6.00. The SMILES string of the molecule is [NH]C1=CCc2ccccc2O1. The minimum Gasteiger partial charge on any atom is -0.440 e. The molecule has 2 nitrogen and oxygen atoms in total. The van der Waals surface area contributed by atoms with Gasteiger partial charge >= 0.3 is 0 Å². The smallest absolute Gasteiger partial charge is 0.208 e. The normalized spacial score (nSPS) is 14.7. The van der Waals surface area contributed by atoms with Crippen LogP contribution in [0.5, 0.6) is 5.75 Å². The van der Waals surface area contributed by atoms with Crippen LogP contribution in [0.4, 0.5) is 0 Å². The van der Waals surface area contributed by atoms with Gasteiger partial charge in [0.15, 0.2) is 0 Å². The topological polar surface area (TPSA) is 33.0 Å². The molecule has 0 amide bonds. The van der Waals surface area contributed by atoms with Gasteiger partial charge in [-0.05, 0) is 24.1 Å². The van der Waals surface area contributed by atoms with E-state index in [1.54, 1.807) is 6.08 Å². The zero-order valence-electron chi connectivity index (χ0n) is 6.00. The van der Waals surface area contributed by atoms with Gasteiger partial charge in [-0.25, -0.2) is 0 Å². The van der Waals surface area contributed by atoms with Gasteiger partial charge in [0.1, 0.15) is 5.75 Å². The van der Waals surface area contributed by atoms with Crippen LogP contribution in [0.15, 0.2) is 36.2 Å². The van der Waals surface area contributed by atoms with Crippen molar-refractivity contribution in [1.29, 1.82) is 0 Å². The molecule has 55 valence electrons. The van der Waals surface area contributed by atoms with Crippen LogP contribution in [0.2, 0.25) is 0 Å². The number of hydrogen-bond donors (Lipinski definition) is 0. The summed E-state index contributed by atoms with van der Waals surface area (Å²) in [6.07, 6.45) is 2.58. The van der Waals surface area contributed by atoms with Crippen LogP contribution in [-0.2, 0) is 6.42 Å². The molecule has 1 aromatic carbocycles. The van der Waals surface area contributed by atoms with Crippen LogP contribution in [0, 0.1) is 0 Å². The summed E-state index contributed by atoms with van der Waals surface area (Å²) < 4.78 is 5.16. The second-order valence-corrected chi connectivity index (χ2v) is 2.48. The minimum atomic E-state index is 0.253. The second kappa shape index (κ2) is 2.31. The van der Waals surface area contributed by atoms with Gasteiger partial charge < -0.3 is 4.74 Å². The lowest BCUT2D eigenvalue weighted by Gasteiger charge is -2.13. The van der Waals surface area contributed by atoms with Gasteiger partial charge in [-0.3, -0.25) is 5.73 Å². The molecule has 0 aromatic heterocycles. The molecule has 0 saturated heterocycles. The molecule has 0 bridgehead atoms. The number of rotatable bonds is 0. The molecule has 0 atom stereocenters. The first kappa shape index (κ1) is 6.28. The van der Waals surface area contributed by atoms with Gasteiger partial charge in [0, 0.05) is 0 Å². The van der Waals surface area contributed by atoms with Crippen LogP contribution in [0.3, 0.4) is 0 Å².